The van der Waals surface area contributed by atoms with Crippen LogP contribution in [0.4, 0.5) is 5.69 Å². The van der Waals surface area contributed by atoms with Gasteiger partial charge in [0.2, 0.25) is 5.91 Å². The second-order valence-electron chi connectivity index (χ2n) is 6.01. The zero-order chi connectivity index (χ0) is 17.4. The van der Waals surface area contributed by atoms with Gasteiger partial charge >= 0.3 is 5.97 Å². The van der Waals surface area contributed by atoms with Crippen molar-refractivity contribution < 1.29 is 14.3 Å². The molecule has 3 rings (SSSR count). The number of esters is 1. The molecular weight excluding hydrogens is 396 g/mol. The van der Waals surface area contributed by atoms with E-state index >= 15 is 0 Å². The smallest absolute Gasteiger partial charge is 0.310 e. The van der Waals surface area contributed by atoms with E-state index < -0.39 is 0 Å². The number of H-pyrrole nitrogens is 1. The minimum atomic E-state index is -0.328. The average molecular weight is 414 g/mol. The summed E-state index contributed by atoms with van der Waals surface area (Å²) in [7, 11) is 1.36. The number of rotatable bonds is 5. The number of amides is 1. The van der Waals surface area contributed by atoms with E-state index in [1.54, 1.807) is 0 Å². The van der Waals surface area contributed by atoms with Gasteiger partial charge in [0.1, 0.15) is 5.88 Å². The summed E-state index contributed by atoms with van der Waals surface area (Å²) in [6.45, 7) is 1.88. The number of methoxy groups -OCH3 is 1. The van der Waals surface area contributed by atoms with Crippen LogP contribution in [0.5, 0.6) is 0 Å². The predicted octanol–water partition coefficient (Wildman–Crippen LogP) is 4.01. The van der Waals surface area contributed by atoms with E-state index in [9.17, 15) is 9.59 Å². The Morgan fingerprint density at radius 2 is 2.17 bits per heavy atom. The fourth-order valence-corrected chi connectivity index (χ4v) is 3.70. The summed E-state index contributed by atoms with van der Waals surface area (Å²) >= 11 is 9.27. The number of aromatic amines is 1. The van der Waals surface area contributed by atoms with Crippen LogP contribution in [0.15, 0.2) is 10.5 Å². The summed E-state index contributed by atoms with van der Waals surface area (Å²) in [4.78, 5) is 27.0. The number of ether oxygens (including phenoxy) is 1. The van der Waals surface area contributed by atoms with Crippen molar-refractivity contribution in [3.63, 3.8) is 0 Å². The summed E-state index contributed by atoms with van der Waals surface area (Å²) in [5.74, 6) is -0.189. The topological polar surface area (TPSA) is 71.2 Å². The number of fused-ring (bicyclic) bond motifs is 1. The summed E-state index contributed by atoms with van der Waals surface area (Å²) in [6.07, 6.45) is 2.47. The molecule has 0 saturated heterocycles. The van der Waals surface area contributed by atoms with E-state index in [4.69, 9.17) is 16.3 Å². The van der Waals surface area contributed by atoms with Crippen LogP contribution in [0.25, 0.3) is 10.9 Å². The molecule has 7 heteroatoms. The van der Waals surface area contributed by atoms with E-state index in [0.29, 0.717) is 11.6 Å². The van der Waals surface area contributed by atoms with Crippen molar-refractivity contribution in [1.29, 1.82) is 0 Å². The lowest BCUT2D eigenvalue weighted by atomic mass is 10.0. The highest BCUT2D eigenvalue weighted by molar-refractivity contribution is 9.10. The van der Waals surface area contributed by atoms with Gasteiger partial charge in [0.05, 0.1) is 24.7 Å². The van der Waals surface area contributed by atoms with Crippen molar-refractivity contribution in [2.75, 3.05) is 18.3 Å². The van der Waals surface area contributed by atoms with Gasteiger partial charge in [0.25, 0.3) is 0 Å². The standard InChI is InChI=1S/C17H18BrClN2O3/c1-8-10(6-14(23)24-2)15(18)11-5-12(9-3-4-9)20-17(11)16(8)21-13(22)7-19/h5,9,20H,3-4,6-7H2,1-2H3,(H,21,22). The fourth-order valence-electron chi connectivity index (χ4n) is 2.88. The number of hydrogen-bond donors (Lipinski definition) is 2. The minimum absolute atomic E-state index is 0.125. The van der Waals surface area contributed by atoms with E-state index in [1.807, 2.05) is 6.92 Å². The maximum absolute atomic E-state index is 11.8. The summed E-state index contributed by atoms with van der Waals surface area (Å²) < 4.78 is 5.65. The number of anilines is 1. The van der Waals surface area contributed by atoms with Crippen LogP contribution in [0.2, 0.25) is 0 Å². The number of hydrogen-bond acceptors (Lipinski definition) is 3. The first-order valence-corrected chi connectivity index (χ1v) is 9.05. The van der Waals surface area contributed by atoms with Gasteiger partial charge < -0.3 is 15.0 Å². The molecule has 2 N–H and O–H groups in total. The molecule has 0 radical (unpaired) electrons. The Hall–Kier alpha value is -1.53. The van der Waals surface area contributed by atoms with E-state index in [0.717, 1.165) is 32.2 Å². The number of alkyl halides is 1. The van der Waals surface area contributed by atoms with Crippen LogP contribution in [0.1, 0.15) is 35.6 Å². The molecule has 0 atom stereocenters. The molecule has 2 aromatic rings. The molecule has 0 bridgehead atoms. The highest BCUT2D eigenvalue weighted by atomic mass is 79.9. The van der Waals surface area contributed by atoms with Gasteiger partial charge in [-0.25, -0.2) is 0 Å². The number of aromatic nitrogens is 1. The Kier molecular flexibility index (Phi) is 4.88. The van der Waals surface area contributed by atoms with Crippen LogP contribution in [-0.2, 0) is 20.7 Å². The van der Waals surface area contributed by atoms with Crippen LogP contribution >= 0.6 is 27.5 Å². The molecule has 1 aromatic heterocycles. The molecule has 0 aliphatic heterocycles. The normalized spacial score (nSPS) is 14.0. The second-order valence-corrected chi connectivity index (χ2v) is 7.08. The summed E-state index contributed by atoms with van der Waals surface area (Å²) in [5.41, 5.74) is 4.31. The summed E-state index contributed by atoms with van der Waals surface area (Å²) in [6, 6.07) is 2.09. The summed E-state index contributed by atoms with van der Waals surface area (Å²) in [5, 5.41) is 3.81. The molecule has 0 unspecified atom stereocenters. The SMILES string of the molecule is COC(=O)Cc1c(C)c(NC(=O)CCl)c2[nH]c(C3CC3)cc2c1Br. The molecule has 1 heterocycles. The van der Waals surface area contributed by atoms with Gasteiger partial charge in [-0.1, -0.05) is 0 Å². The zero-order valence-corrected chi connectivity index (χ0v) is 15.8. The Morgan fingerprint density at radius 3 is 2.75 bits per heavy atom. The quantitative estimate of drug-likeness (QED) is 0.575. The maximum atomic E-state index is 11.8. The van der Waals surface area contributed by atoms with Gasteiger partial charge in [-0.3, -0.25) is 9.59 Å². The highest BCUT2D eigenvalue weighted by Crippen LogP contribution is 2.44. The number of halogens is 2. The van der Waals surface area contributed by atoms with E-state index in [-0.39, 0.29) is 24.2 Å². The molecule has 1 saturated carbocycles. The Morgan fingerprint density at radius 1 is 1.46 bits per heavy atom. The molecule has 128 valence electrons. The molecule has 24 heavy (non-hydrogen) atoms. The number of carbonyl (C=O) groups excluding carboxylic acids is 2. The van der Waals surface area contributed by atoms with Crippen LogP contribution < -0.4 is 5.32 Å². The Labute approximate surface area is 153 Å². The number of benzene rings is 1. The number of nitrogens with one attached hydrogen (secondary N) is 2. The van der Waals surface area contributed by atoms with Crippen LogP contribution in [0, 0.1) is 6.92 Å². The van der Waals surface area contributed by atoms with Gasteiger partial charge in [0, 0.05) is 15.6 Å². The van der Waals surface area contributed by atoms with Crippen molar-refractivity contribution in [3.8, 4) is 0 Å². The lowest BCUT2D eigenvalue weighted by Gasteiger charge is -2.15. The first-order valence-electron chi connectivity index (χ1n) is 7.72. The van der Waals surface area contributed by atoms with Crippen molar-refractivity contribution in [2.45, 2.75) is 32.1 Å². The Bertz CT molecular complexity index is 827. The predicted molar refractivity (Wildman–Crippen MR) is 97.8 cm³/mol. The van der Waals surface area contributed by atoms with Crippen molar-refractivity contribution in [2.24, 2.45) is 0 Å². The number of carbonyl (C=O) groups is 2. The lowest BCUT2D eigenvalue weighted by Crippen LogP contribution is -2.15. The lowest BCUT2D eigenvalue weighted by molar-refractivity contribution is -0.139. The van der Waals surface area contributed by atoms with Crippen molar-refractivity contribution in [1.82, 2.24) is 4.98 Å². The minimum Gasteiger partial charge on any atom is -0.469 e. The average Bonchev–Trinajstić information content (AvgIpc) is 3.33. The molecule has 1 amide bonds. The van der Waals surface area contributed by atoms with Gasteiger partial charge in [0.15, 0.2) is 0 Å². The maximum Gasteiger partial charge on any atom is 0.310 e. The largest absolute Gasteiger partial charge is 0.469 e. The molecule has 1 aliphatic carbocycles. The zero-order valence-electron chi connectivity index (χ0n) is 13.5. The molecule has 1 aromatic carbocycles. The molecular formula is C17H18BrClN2O3. The van der Waals surface area contributed by atoms with E-state index in [1.165, 1.54) is 20.0 Å². The third kappa shape index (κ3) is 3.17. The highest BCUT2D eigenvalue weighted by Gasteiger charge is 2.28. The molecule has 1 fully saturated rings. The van der Waals surface area contributed by atoms with Gasteiger partial charge in [-0.15, -0.1) is 11.6 Å². The van der Waals surface area contributed by atoms with E-state index in [2.05, 4.69) is 32.3 Å². The van der Waals surface area contributed by atoms with Crippen LogP contribution in [0.3, 0.4) is 0 Å². The van der Waals surface area contributed by atoms with Crippen molar-refractivity contribution in [3.05, 3.63) is 27.4 Å². The third-order valence-corrected chi connectivity index (χ3v) is 5.52. The third-order valence-electron chi connectivity index (χ3n) is 4.37. The first-order chi connectivity index (χ1) is 11.5. The first kappa shape index (κ1) is 17.3. The van der Waals surface area contributed by atoms with Gasteiger partial charge in [-0.2, -0.15) is 0 Å². The Balaban J connectivity index is 2.19. The molecule has 1 aliphatic rings. The molecule has 5 nitrogen and oxygen atoms in total. The monoisotopic (exact) mass is 412 g/mol. The second kappa shape index (κ2) is 6.76. The van der Waals surface area contributed by atoms with Crippen LogP contribution in [-0.4, -0.2) is 29.9 Å². The molecule has 0 spiro atoms. The van der Waals surface area contributed by atoms with Gasteiger partial charge in [-0.05, 0) is 58.8 Å². The van der Waals surface area contributed by atoms with Crippen molar-refractivity contribution >= 4 is 56.0 Å². The fraction of sp³-hybridized carbons (Fsp3) is 0.412.